The van der Waals surface area contributed by atoms with Crippen LogP contribution in [0.2, 0.25) is 0 Å². The van der Waals surface area contributed by atoms with Crippen molar-refractivity contribution in [2.45, 2.75) is 58.5 Å². The van der Waals surface area contributed by atoms with Gasteiger partial charge in [0.2, 0.25) is 5.91 Å². The zero-order valence-corrected chi connectivity index (χ0v) is 19.9. The lowest BCUT2D eigenvalue weighted by Crippen LogP contribution is -2.52. The molecule has 1 heterocycles. The van der Waals surface area contributed by atoms with Gasteiger partial charge in [-0.3, -0.25) is 9.69 Å². The predicted molar refractivity (Wildman–Crippen MR) is 131 cm³/mol. The molecular formula is C26H34N4O3. The van der Waals surface area contributed by atoms with Crippen LogP contribution in [0.4, 0.5) is 16.2 Å². The number of anilines is 2. The van der Waals surface area contributed by atoms with Gasteiger partial charge >= 0.3 is 6.09 Å². The molecule has 4 rings (SSSR count). The Hall–Kier alpha value is -2.90. The van der Waals surface area contributed by atoms with E-state index in [2.05, 4.69) is 5.32 Å². The molecule has 0 bridgehead atoms. The molecule has 0 spiro atoms. The Morgan fingerprint density at radius 1 is 1.15 bits per heavy atom. The number of hydrogen-bond acceptors (Lipinski definition) is 5. The average Bonchev–Trinajstić information content (AvgIpc) is 3.59. The van der Waals surface area contributed by atoms with Crippen LogP contribution >= 0.6 is 0 Å². The zero-order valence-electron chi connectivity index (χ0n) is 19.9. The highest BCUT2D eigenvalue weighted by Crippen LogP contribution is 2.38. The van der Waals surface area contributed by atoms with Crippen LogP contribution in [-0.4, -0.2) is 43.7 Å². The van der Waals surface area contributed by atoms with Gasteiger partial charge in [-0.1, -0.05) is 23.8 Å². The maximum absolute atomic E-state index is 13.3. The van der Waals surface area contributed by atoms with Crippen LogP contribution in [0.15, 0.2) is 36.4 Å². The van der Waals surface area contributed by atoms with E-state index in [1.165, 1.54) is 12.8 Å². The van der Waals surface area contributed by atoms with Crippen molar-refractivity contribution >= 4 is 23.4 Å². The van der Waals surface area contributed by atoms with Crippen molar-refractivity contribution < 1.29 is 14.3 Å². The maximum atomic E-state index is 13.3. The van der Waals surface area contributed by atoms with E-state index >= 15 is 0 Å². The van der Waals surface area contributed by atoms with E-state index in [9.17, 15) is 9.59 Å². The number of carbonyl (C=O) groups is 2. The first-order valence-corrected chi connectivity index (χ1v) is 11.7. The molecule has 176 valence electrons. The normalized spacial score (nSPS) is 18.6. The van der Waals surface area contributed by atoms with Gasteiger partial charge in [-0.05, 0) is 62.9 Å². The monoisotopic (exact) mass is 450 g/mol. The quantitative estimate of drug-likeness (QED) is 0.698. The van der Waals surface area contributed by atoms with Crippen LogP contribution in [0.3, 0.4) is 0 Å². The number of hydrogen-bond donors (Lipinski definition) is 2. The lowest BCUT2D eigenvalue weighted by atomic mass is 9.96. The number of nitrogens with two attached hydrogens (primary N) is 1. The van der Waals surface area contributed by atoms with Crippen molar-refractivity contribution in [3.63, 3.8) is 0 Å². The number of aryl methyl sites for hydroxylation is 2. The summed E-state index contributed by atoms with van der Waals surface area (Å²) in [6.07, 6.45) is 1.98. The van der Waals surface area contributed by atoms with E-state index in [0.29, 0.717) is 36.3 Å². The minimum absolute atomic E-state index is 0.0512. The SMILES string of the molecule is CC(=O)N1c2ccc(C(CN)CNC3CC3)cc2N(C(=O)Oc2ccc(C)cc2C)C[C@@H]1C. The summed E-state index contributed by atoms with van der Waals surface area (Å²) >= 11 is 0. The third-order valence-electron chi connectivity index (χ3n) is 6.51. The van der Waals surface area contributed by atoms with Crippen molar-refractivity contribution in [2.75, 3.05) is 29.4 Å². The number of amides is 2. The van der Waals surface area contributed by atoms with Gasteiger partial charge in [-0.25, -0.2) is 4.79 Å². The van der Waals surface area contributed by atoms with Crippen molar-refractivity contribution in [2.24, 2.45) is 5.73 Å². The van der Waals surface area contributed by atoms with Gasteiger partial charge in [-0.15, -0.1) is 0 Å². The van der Waals surface area contributed by atoms with Gasteiger partial charge in [0, 0.05) is 38.5 Å². The molecule has 0 saturated heterocycles. The summed E-state index contributed by atoms with van der Waals surface area (Å²) < 4.78 is 5.80. The van der Waals surface area contributed by atoms with Gasteiger partial charge in [0.15, 0.2) is 0 Å². The summed E-state index contributed by atoms with van der Waals surface area (Å²) in [6.45, 7) is 9.07. The maximum Gasteiger partial charge on any atom is 0.419 e. The fourth-order valence-corrected chi connectivity index (χ4v) is 4.55. The zero-order chi connectivity index (χ0) is 23.7. The predicted octanol–water partition coefficient (Wildman–Crippen LogP) is 3.86. The highest BCUT2D eigenvalue weighted by atomic mass is 16.6. The van der Waals surface area contributed by atoms with E-state index in [1.807, 2.05) is 57.2 Å². The molecule has 0 radical (unpaired) electrons. The summed E-state index contributed by atoms with van der Waals surface area (Å²) in [5.74, 6) is 0.612. The highest BCUT2D eigenvalue weighted by Gasteiger charge is 2.35. The lowest BCUT2D eigenvalue weighted by molar-refractivity contribution is -0.117. The molecule has 3 N–H and O–H groups in total. The molecule has 2 aromatic carbocycles. The first-order chi connectivity index (χ1) is 15.8. The number of nitrogens with zero attached hydrogens (tertiary/aromatic N) is 2. The number of benzene rings is 2. The number of nitrogens with one attached hydrogen (secondary N) is 1. The summed E-state index contributed by atoms with van der Waals surface area (Å²) in [4.78, 5) is 29.2. The fourth-order valence-electron chi connectivity index (χ4n) is 4.55. The smallest absolute Gasteiger partial charge is 0.410 e. The van der Waals surface area contributed by atoms with E-state index in [1.54, 1.807) is 16.7 Å². The minimum atomic E-state index is -0.448. The Bertz CT molecular complexity index is 1050. The van der Waals surface area contributed by atoms with Gasteiger partial charge in [-0.2, -0.15) is 0 Å². The molecule has 1 aliphatic heterocycles. The van der Waals surface area contributed by atoms with Crippen molar-refractivity contribution in [1.29, 1.82) is 0 Å². The first-order valence-electron chi connectivity index (χ1n) is 11.7. The molecule has 1 saturated carbocycles. The molecule has 1 aliphatic carbocycles. The van der Waals surface area contributed by atoms with E-state index in [-0.39, 0.29) is 17.9 Å². The number of rotatable bonds is 6. The second-order valence-corrected chi connectivity index (χ2v) is 9.35. The molecule has 7 heteroatoms. The summed E-state index contributed by atoms with van der Waals surface area (Å²) in [5, 5.41) is 3.55. The van der Waals surface area contributed by atoms with Crippen molar-refractivity contribution in [3.8, 4) is 5.75 Å². The molecule has 1 unspecified atom stereocenters. The Morgan fingerprint density at radius 2 is 1.91 bits per heavy atom. The summed E-state index contributed by atoms with van der Waals surface area (Å²) in [7, 11) is 0. The highest BCUT2D eigenvalue weighted by molar-refractivity contribution is 6.02. The molecule has 2 aromatic rings. The minimum Gasteiger partial charge on any atom is -0.410 e. The number of fused-ring (bicyclic) bond motifs is 1. The van der Waals surface area contributed by atoms with Gasteiger partial charge < -0.3 is 20.7 Å². The van der Waals surface area contributed by atoms with Crippen LogP contribution in [0, 0.1) is 13.8 Å². The number of carbonyl (C=O) groups excluding carboxylic acids is 2. The average molecular weight is 451 g/mol. The van der Waals surface area contributed by atoms with Gasteiger partial charge in [0.05, 0.1) is 17.4 Å². The number of ether oxygens (including phenoxy) is 1. The largest absolute Gasteiger partial charge is 0.419 e. The summed E-state index contributed by atoms with van der Waals surface area (Å²) in [6, 6.07) is 12.1. The molecule has 2 atom stereocenters. The molecule has 1 fully saturated rings. The van der Waals surface area contributed by atoms with Crippen molar-refractivity contribution in [3.05, 3.63) is 53.1 Å². The molecule has 7 nitrogen and oxygen atoms in total. The van der Waals surface area contributed by atoms with Crippen LogP contribution in [-0.2, 0) is 4.79 Å². The van der Waals surface area contributed by atoms with Crippen LogP contribution in [0.5, 0.6) is 5.75 Å². The first kappa shape index (κ1) is 23.3. The van der Waals surface area contributed by atoms with Crippen LogP contribution in [0.1, 0.15) is 49.3 Å². The Balaban J connectivity index is 1.67. The molecular weight excluding hydrogens is 416 g/mol. The third kappa shape index (κ3) is 5.04. The van der Waals surface area contributed by atoms with Crippen LogP contribution < -0.4 is 25.6 Å². The Labute approximate surface area is 195 Å². The van der Waals surface area contributed by atoms with Crippen molar-refractivity contribution in [1.82, 2.24) is 5.32 Å². The summed E-state index contributed by atoms with van der Waals surface area (Å²) in [5.41, 5.74) is 10.6. The molecule has 2 aliphatic rings. The van der Waals surface area contributed by atoms with E-state index in [4.69, 9.17) is 10.5 Å². The fraction of sp³-hybridized carbons (Fsp3) is 0.462. The van der Waals surface area contributed by atoms with Crippen LogP contribution in [0.25, 0.3) is 0 Å². The van der Waals surface area contributed by atoms with E-state index < -0.39 is 6.09 Å². The second kappa shape index (κ2) is 9.53. The van der Waals surface area contributed by atoms with Gasteiger partial charge in [0.25, 0.3) is 0 Å². The second-order valence-electron chi connectivity index (χ2n) is 9.35. The Morgan fingerprint density at radius 3 is 2.55 bits per heavy atom. The standard InChI is InChI=1S/C26H34N4O3/c1-16-5-10-25(17(2)11-16)33-26(32)29-15-18(3)30(19(4)31)23-9-6-20(12-24(23)29)21(13-27)14-28-22-7-8-22/h5-6,9-12,18,21-22,28H,7-8,13-15,27H2,1-4H3/t18-,21?/m0/s1. The third-order valence-corrected chi connectivity index (χ3v) is 6.51. The Kier molecular flexibility index (Phi) is 6.72. The van der Waals surface area contributed by atoms with Gasteiger partial charge in [0.1, 0.15) is 5.75 Å². The van der Waals surface area contributed by atoms with E-state index in [0.717, 1.165) is 23.2 Å². The lowest BCUT2D eigenvalue weighted by Gasteiger charge is -2.40. The molecule has 0 aromatic heterocycles. The molecule has 2 amide bonds. The topological polar surface area (TPSA) is 87.9 Å². The molecule has 33 heavy (non-hydrogen) atoms.